The molecule has 0 aliphatic rings. The number of benzene rings is 1. The maximum Gasteiger partial charge on any atom is 0.322 e. The summed E-state index contributed by atoms with van der Waals surface area (Å²) in [5.41, 5.74) is 0.786. The number of amides is 2. The van der Waals surface area contributed by atoms with Gasteiger partial charge in [-0.15, -0.1) is 0 Å². The standard InChI is InChI=1S/C16H20N2O5/c1-11(2)23-13-5-3-4-12(8-13)6-7-14(19)17-9-15(20)18-10-16(21)22/h3-8,11H,9-10H2,1-2H3,(H,17,19)(H,18,20)(H,21,22)/b7-6+. The fraction of sp³-hybridized carbons (Fsp3) is 0.312. The summed E-state index contributed by atoms with van der Waals surface area (Å²) in [6, 6.07) is 7.25. The maximum atomic E-state index is 11.6. The van der Waals surface area contributed by atoms with E-state index in [1.807, 2.05) is 32.0 Å². The summed E-state index contributed by atoms with van der Waals surface area (Å²) in [5, 5.41) is 12.9. The van der Waals surface area contributed by atoms with Crippen molar-refractivity contribution in [1.82, 2.24) is 10.6 Å². The number of carbonyl (C=O) groups excluding carboxylic acids is 2. The highest BCUT2D eigenvalue weighted by Gasteiger charge is 2.05. The third-order valence-corrected chi connectivity index (χ3v) is 2.52. The van der Waals surface area contributed by atoms with Crippen LogP contribution in [0.4, 0.5) is 0 Å². The van der Waals surface area contributed by atoms with E-state index in [-0.39, 0.29) is 12.6 Å². The summed E-state index contributed by atoms with van der Waals surface area (Å²) >= 11 is 0. The van der Waals surface area contributed by atoms with Crippen molar-refractivity contribution in [3.63, 3.8) is 0 Å². The minimum Gasteiger partial charge on any atom is -0.491 e. The lowest BCUT2D eigenvalue weighted by molar-refractivity contribution is -0.137. The highest BCUT2D eigenvalue weighted by molar-refractivity contribution is 5.94. The van der Waals surface area contributed by atoms with Gasteiger partial charge in [-0.25, -0.2) is 0 Å². The first-order valence-electron chi connectivity index (χ1n) is 7.08. The van der Waals surface area contributed by atoms with Crippen LogP contribution in [-0.4, -0.2) is 42.1 Å². The largest absolute Gasteiger partial charge is 0.491 e. The van der Waals surface area contributed by atoms with E-state index in [1.54, 1.807) is 12.1 Å². The molecule has 0 heterocycles. The summed E-state index contributed by atoms with van der Waals surface area (Å²) in [4.78, 5) is 33.1. The molecule has 7 heteroatoms. The van der Waals surface area contributed by atoms with Gasteiger partial charge in [-0.1, -0.05) is 12.1 Å². The average molecular weight is 320 g/mol. The molecule has 0 unspecified atom stereocenters. The Kier molecular flexibility index (Phi) is 7.32. The lowest BCUT2D eigenvalue weighted by Gasteiger charge is -2.09. The van der Waals surface area contributed by atoms with Crippen LogP contribution in [0.5, 0.6) is 5.75 Å². The van der Waals surface area contributed by atoms with Gasteiger partial charge in [0.25, 0.3) is 0 Å². The Morgan fingerprint density at radius 2 is 1.96 bits per heavy atom. The van der Waals surface area contributed by atoms with Crippen LogP contribution in [0, 0.1) is 0 Å². The molecule has 0 atom stereocenters. The topological polar surface area (TPSA) is 105 Å². The molecule has 0 aromatic heterocycles. The van der Waals surface area contributed by atoms with Crippen molar-refractivity contribution >= 4 is 23.9 Å². The van der Waals surface area contributed by atoms with Gasteiger partial charge < -0.3 is 20.5 Å². The van der Waals surface area contributed by atoms with Crippen molar-refractivity contribution in [3.05, 3.63) is 35.9 Å². The van der Waals surface area contributed by atoms with Crippen LogP contribution in [0.1, 0.15) is 19.4 Å². The van der Waals surface area contributed by atoms with E-state index >= 15 is 0 Å². The van der Waals surface area contributed by atoms with Crippen molar-refractivity contribution in [2.24, 2.45) is 0 Å². The summed E-state index contributed by atoms with van der Waals surface area (Å²) in [7, 11) is 0. The Hall–Kier alpha value is -2.83. The highest BCUT2D eigenvalue weighted by Crippen LogP contribution is 2.15. The van der Waals surface area contributed by atoms with E-state index < -0.39 is 24.3 Å². The average Bonchev–Trinajstić information content (AvgIpc) is 2.48. The number of carboxylic acid groups (broad SMARTS) is 1. The molecule has 0 saturated heterocycles. The van der Waals surface area contributed by atoms with Crippen molar-refractivity contribution < 1.29 is 24.2 Å². The van der Waals surface area contributed by atoms with Crippen LogP contribution >= 0.6 is 0 Å². The van der Waals surface area contributed by atoms with Crippen LogP contribution in [0.2, 0.25) is 0 Å². The smallest absolute Gasteiger partial charge is 0.322 e. The highest BCUT2D eigenvalue weighted by atomic mass is 16.5. The van der Waals surface area contributed by atoms with Gasteiger partial charge in [0.2, 0.25) is 11.8 Å². The molecule has 0 radical (unpaired) electrons. The van der Waals surface area contributed by atoms with Crippen molar-refractivity contribution in [2.75, 3.05) is 13.1 Å². The molecule has 0 aliphatic heterocycles. The van der Waals surface area contributed by atoms with Gasteiger partial charge in [-0.05, 0) is 37.6 Å². The van der Waals surface area contributed by atoms with Crippen LogP contribution in [0.15, 0.2) is 30.3 Å². The van der Waals surface area contributed by atoms with E-state index in [9.17, 15) is 14.4 Å². The summed E-state index contributed by atoms with van der Waals surface area (Å²) in [6.45, 7) is 3.08. The van der Waals surface area contributed by atoms with Gasteiger partial charge >= 0.3 is 5.97 Å². The Bertz CT molecular complexity index is 596. The van der Waals surface area contributed by atoms with Gasteiger partial charge in [-0.3, -0.25) is 14.4 Å². The van der Waals surface area contributed by atoms with Gasteiger partial charge in [0.15, 0.2) is 0 Å². The summed E-state index contributed by atoms with van der Waals surface area (Å²) in [5.74, 6) is -1.46. The molecule has 0 spiro atoms. The lowest BCUT2D eigenvalue weighted by atomic mass is 10.2. The molecular weight excluding hydrogens is 300 g/mol. The Labute approximate surface area is 134 Å². The molecule has 1 aromatic rings. The minimum absolute atomic E-state index is 0.0573. The second kappa shape index (κ2) is 9.24. The quantitative estimate of drug-likeness (QED) is 0.615. The van der Waals surface area contributed by atoms with Gasteiger partial charge in [-0.2, -0.15) is 0 Å². The number of rotatable bonds is 8. The van der Waals surface area contributed by atoms with Crippen molar-refractivity contribution in [2.45, 2.75) is 20.0 Å². The number of aliphatic carboxylic acids is 1. The van der Waals surface area contributed by atoms with Gasteiger partial charge in [0, 0.05) is 6.08 Å². The van der Waals surface area contributed by atoms with Crippen LogP contribution in [0.3, 0.4) is 0 Å². The number of hydrogen-bond acceptors (Lipinski definition) is 4. The zero-order valence-electron chi connectivity index (χ0n) is 13.0. The number of nitrogens with one attached hydrogen (secondary N) is 2. The number of carbonyl (C=O) groups is 3. The van der Waals surface area contributed by atoms with Crippen LogP contribution in [0.25, 0.3) is 6.08 Å². The van der Waals surface area contributed by atoms with E-state index in [0.717, 1.165) is 5.56 Å². The normalized spacial score (nSPS) is 10.6. The van der Waals surface area contributed by atoms with Crippen molar-refractivity contribution in [1.29, 1.82) is 0 Å². The monoisotopic (exact) mass is 320 g/mol. The lowest BCUT2D eigenvalue weighted by Crippen LogP contribution is -2.38. The molecule has 2 amide bonds. The minimum atomic E-state index is -1.15. The third-order valence-electron chi connectivity index (χ3n) is 2.52. The third kappa shape index (κ3) is 8.25. The van der Waals surface area contributed by atoms with E-state index in [1.165, 1.54) is 6.08 Å². The Morgan fingerprint density at radius 3 is 2.61 bits per heavy atom. The number of ether oxygens (including phenoxy) is 1. The predicted octanol–water partition coefficient (Wildman–Crippen LogP) is 0.804. The molecular formula is C16H20N2O5. The van der Waals surface area contributed by atoms with E-state index in [4.69, 9.17) is 9.84 Å². The van der Waals surface area contributed by atoms with Gasteiger partial charge in [0.05, 0.1) is 12.6 Å². The first kappa shape index (κ1) is 18.2. The second-order valence-electron chi connectivity index (χ2n) is 4.96. The molecule has 0 fully saturated rings. The second-order valence-corrected chi connectivity index (χ2v) is 4.96. The van der Waals surface area contributed by atoms with E-state index in [0.29, 0.717) is 5.75 Å². The Morgan fingerprint density at radius 1 is 1.22 bits per heavy atom. The first-order chi connectivity index (χ1) is 10.9. The molecule has 0 saturated carbocycles. The molecule has 1 aromatic carbocycles. The van der Waals surface area contributed by atoms with Gasteiger partial charge in [0.1, 0.15) is 12.3 Å². The van der Waals surface area contributed by atoms with Crippen molar-refractivity contribution in [3.8, 4) is 5.75 Å². The molecule has 1 rings (SSSR count). The predicted molar refractivity (Wildman–Crippen MR) is 84.9 cm³/mol. The SMILES string of the molecule is CC(C)Oc1cccc(/C=C/C(=O)NCC(=O)NCC(=O)O)c1. The maximum absolute atomic E-state index is 11.6. The molecule has 23 heavy (non-hydrogen) atoms. The molecule has 7 nitrogen and oxygen atoms in total. The number of carboxylic acids is 1. The zero-order valence-corrected chi connectivity index (χ0v) is 13.0. The molecule has 0 bridgehead atoms. The fourth-order valence-corrected chi connectivity index (χ4v) is 1.60. The van der Waals surface area contributed by atoms with E-state index in [2.05, 4.69) is 10.6 Å². The molecule has 3 N–H and O–H groups in total. The number of hydrogen-bond donors (Lipinski definition) is 3. The molecule has 0 aliphatic carbocycles. The first-order valence-corrected chi connectivity index (χ1v) is 7.08. The summed E-state index contributed by atoms with van der Waals surface area (Å²) in [6.07, 6.45) is 2.94. The molecule has 124 valence electrons. The zero-order chi connectivity index (χ0) is 17.2. The fourth-order valence-electron chi connectivity index (χ4n) is 1.60. The Balaban J connectivity index is 2.46. The summed E-state index contributed by atoms with van der Waals surface area (Å²) < 4.78 is 5.55. The van der Waals surface area contributed by atoms with Crippen LogP contribution < -0.4 is 15.4 Å². The van der Waals surface area contributed by atoms with Crippen LogP contribution in [-0.2, 0) is 14.4 Å².